The average Bonchev–Trinajstić information content (AvgIpc) is 3.48. The van der Waals surface area contributed by atoms with Crippen LogP contribution in [0.15, 0.2) is 30.5 Å². The van der Waals surface area contributed by atoms with E-state index in [1.807, 2.05) is 38.1 Å². The van der Waals surface area contributed by atoms with Gasteiger partial charge in [-0.3, -0.25) is 14.4 Å². The van der Waals surface area contributed by atoms with Crippen LogP contribution in [-0.2, 0) is 25.6 Å². The minimum absolute atomic E-state index is 0.0179. The van der Waals surface area contributed by atoms with E-state index < -0.39 is 54.0 Å². The highest BCUT2D eigenvalue weighted by Gasteiger charge is 2.39. The lowest BCUT2D eigenvalue weighted by Crippen LogP contribution is -2.60. The van der Waals surface area contributed by atoms with Crippen molar-refractivity contribution in [2.45, 2.75) is 76.7 Å². The van der Waals surface area contributed by atoms with E-state index in [4.69, 9.17) is 5.73 Å². The summed E-state index contributed by atoms with van der Waals surface area (Å²) in [4.78, 5) is 55.2. The first kappa shape index (κ1) is 28.1. The molecule has 3 rings (SSSR count). The Labute approximate surface area is 215 Å². The number of aromatic nitrogens is 1. The SMILES string of the molecule is CC(C)CC(NC(=O)C(NC(=O)C(N)Cc1c[nH]c2ccccc12)C(C)O)C(=O)N1CCCC1C(=O)O. The fourth-order valence-corrected chi connectivity index (χ4v) is 4.74. The number of carboxylic acid groups (broad SMARTS) is 1. The van der Waals surface area contributed by atoms with Crippen molar-refractivity contribution in [2.24, 2.45) is 11.7 Å². The van der Waals surface area contributed by atoms with E-state index in [9.17, 15) is 29.4 Å². The quantitative estimate of drug-likeness (QED) is 0.252. The summed E-state index contributed by atoms with van der Waals surface area (Å²) in [5.41, 5.74) is 7.89. The van der Waals surface area contributed by atoms with Gasteiger partial charge in [-0.2, -0.15) is 0 Å². The molecule has 0 bridgehead atoms. The maximum absolute atomic E-state index is 13.2. The third kappa shape index (κ3) is 6.86. The van der Waals surface area contributed by atoms with E-state index in [0.29, 0.717) is 19.4 Å². The van der Waals surface area contributed by atoms with Gasteiger partial charge in [-0.25, -0.2) is 4.79 Å². The van der Waals surface area contributed by atoms with E-state index in [1.165, 1.54) is 11.8 Å². The number of likely N-dealkylation sites (tertiary alicyclic amines) is 1. The molecule has 11 nitrogen and oxygen atoms in total. The fourth-order valence-electron chi connectivity index (χ4n) is 4.74. The first-order valence-corrected chi connectivity index (χ1v) is 12.6. The molecular formula is C26H37N5O6. The molecule has 37 heavy (non-hydrogen) atoms. The van der Waals surface area contributed by atoms with Crippen LogP contribution in [0.5, 0.6) is 0 Å². The van der Waals surface area contributed by atoms with Crippen molar-refractivity contribution in [3.05, 3.63) is 36.0 Å². The van der Waals surface area contributed by atoms with Gasteiger partial charge in [-0.1, -0.05) is 32.0 Å². The number of hydrogen-bond donors (Lipinski definition) is 6. The standard InChI is InChI=1S/C26H37N5O6/c1-14(2)11-20(25(35)31-10-6-9-21(31)26(36)37)29-24(34)22(15(3)32)30-23(33)18(27)12-16-13-28-19-8-5-4-7-17(16)19/h4-5,7-8,13-15,18,20-22,28,32H,6,9-12,27H2,1-3H3,(H,29,34)(H,30,33)(H,36,37). The topological polar surface area (TPSA) is 178 Å². The number of aromatic amines is 1. The lowest BCUT2D eigenvalue weighted by Gasteiger charge is -2.30. The average molecular weight is 516 g/mol. The number of fused-ring (bicyclic) bond motifs is 1. The maximum atomic E-state index is 13.2. The Kier molecular flexibility index (Phi) is 9.28. The summed E-state index contributed by atoms with van der Waals surface area (Å²) < 4.78 is 0. The lowest BCUT2D eigenvalue weighted by molar-refractivity contribution is -0.149. The number of aliphatic carboxylic acids is 1. The van der Waals surface area contributed by atoms with E-state index in [2.05, 4.69) is 15.6 Å². The molecule has 1 fully saturated rings. The molecule has 0 saturated carbocycles. The molecule has 1 aromatic heterocycles. The van der Waals surface area contributed by atoms with Crippen LogP contribution in [0.3, 0.4) is 0 Å². The zero-order valence-electron chi connectivity index (χ0n) is 21.4. The van der Waals surface area contributed by atoms with Gasteiger partial charge >= 0.3 is 5.97 Å². The summed E-state index contributed by atoms with van der Waals surface area (Å²) in [7, 11) is 0. The zero-order valence-corrected chi connectivity index (χ0v) is 21.4. The molecule has 202 valence electrons. The van der Waals surface area contributed by atoms with Crippen LogP contribution in [0.2, 0.25) is 0 Å². The molecular weight excluding hydrogens is 478 g/mol. The monoisotopic (exact) mass is 515 g/mol. The normalized spacial score (nSPS) is 18.9. The molecule has 3 amide bonds. The number of benzene rings is 1. The molecule has 1 aromatic carbocycles. The minimum Gasteiger partial charge on any atom is -0.480 e. The highest BCUT2D eigenvalue weighted by Crippen LogP contribution is 2.21. The molecule has 0 radical (unpaired) electrons. The first-order chi connectivity index (χ1) is 17.5. The second kappa shape index (κ2) is 12.2. The smallest absolute Gasteiger partial charge is 0.326 e. The van der Waals surface area contributed by atoms with E-state index >= 15 is 0 Å². The highest BCUT2D eigenvalue weighted by atomic mass is 16.4. The zero-order chi connectivity index (χ0) is 27.3. The number of nitrogens with one attached hydrogen (secondary N) is 3. The van der Waals surface area contributed by atoms with Gasteiger partial charge in [0.25, 0.3) is 0 Å². The Morgan fingerprint density at radius 1 is 1.14 bits per heavy atom. The Morgan fingerprint density at radius 2 is 1.84 bits per heavy atom. The van der Waals surface area contributed by atoms with Gasteiger partial charge in [-0.15, -0.1) is 0 Å². The summed E-state index contributed by atoms with van der Waals surface area (Å²) in [6, 6.07) is 3.34. The van der Waals surface area contributed by atoms with E-state index in [-0.39, 0.29) is 18.8 Å². The molecule has 0 aliphatic carbocycles. The number of carbonyl (C=O) groups excluding carboxylic acids is 3. The molecule has 1 aliphatic heterocycles. The molecule has 1 saturated heterocycles. The fraction of sp³-hybridized carbons (Fsp3) is 0.538. The van der Waals surface area contributed by atoms with Crippen LogP contribution in [0.1, 0.15) is 45.6 Å². The number of aliphatic hydroxyl groups is 1. The number of H-pyrrole nitrogens is 1. The Morgan fingerprint density at radius 3 is 2.49 bits per heavy atom. The van der Waals surface area contributed by atoms with Crippen molar-refractivity contribution in [1.82, 2.24) is 20.5 Å². The summed E-state index contributed by atoms with van der Waals surface area (Å²) >= 11 is 0. The molecule has 11 heteroatoms. The number of carboxylic acids is 1. The number of para-hydroxylation sites is 1. The van der Waals surface area contributed by atoms with Gasteiger partial charge in [0.15, 0.2) is 0 Å². The molecule has 5 atom stereocenters. The predicted molar refractivity (Wildman–Crippen MR) is 137 cm³/mol. The van der Waals surface area contributed by atoms with Gasteiger partial charge in [0.05, 0.1) is 12.1 Å². The third-order valence-corrected chi connectivity index (χ3v) is 6.66. The largest absolute Gasteiger partial charge is 0.480 e. The number of nitrogens with zero attached hydrogens (tertiary/aromatic N) is 1. The van der Waals surface area contributed by atoms with Crippen molar-refractivity contribution in [1.29, 1.82) is 0 Å². The summed E-state index contributed by atoms with van der Waals surface area (Å²) in [6.07, 6.45) is 1.91. The number of amides is 3. The Bertz CT molecular complexity index is 1130. The van der Waals surface area contributed by atoms with Gasteiger partial charge in [0, 0.05) is 23.6 Å². The highest BCUT2D eigenvalue weighted by molar-refractivity contribution is 5.95. The van der Waals surface area contributed by atoms with Crippen LogP contribution >= 0.6 is 0 Å². The second-order valence-corrected chi connectivity index (χ2v) is 10.1. The van der Waals surface area contributed by atoms with E-state index in [0.717, 1.165) is 16.5 Å². The number of rotatable bonds is 11. The summed E-state index contributed by atoms with van der Waals surface area (Å²) in [5.74, 6) is -2.92. The Hall–Kier alpha value is -3.44. The van der Waals surface area contributed by atoms with Crippen molar-refractivity contribution in [3.63, 3.8) is 0 Å². The third-order valence-electron chi connectivity index (χ3n) is 6.66. The molecule has 7 N–H and O–H groups in total. The van der Waals surface area contributed by atoms with Crippen molar-refractivity contribution in [3.8, 4) is 0 Å². The molecule has 2 heterocycles. The van der Waals surface area contributed by atoms with Gasteiger partial charge in [0.1, 0.15) is 18.1 Å². The van der Waals surface area contributed by atoms with Crippen LogP contribution in [0.25, 0.3) is 10.9 Å². The summed E-state index contributed by atoms with van der Waals surface area (Å²) in [6.45, 7) is 5.40. The molecule has 5 unspecified atom stereocenters. The van der Waals surface area contributed by atoms with Crippen LogP contribution in [0.4, 0.5) is 0 Å². The second-order valence-electron chi connectivity index (χ2n) is 10.1. The molecule has 1 aliphatic rings. The van der Waals surface area contributed by atoms with E-state index in [1.54, 1.807) is 6.20 Å². The lowest BCUT2D eigenvalue weighted by atomic mass is 10.0. The van der Waals surface area contributed by atoms with Crippen LogP contribution in [0, 0.1) is 5.92 Å². The van der Waals surface area contributed by atoms with Crippen LogP contribution < -0.4 is 16.4 Å². The van der Waals surface area contributed by atoms with Gasteiger partial charge in [-0.05, 0) is 50.2 Å². The maximum Gasteiger partial charge on any atom is 0.326 e. The number of hydrogen-bond acceptors (Lipinski definition) is 6. The summed E-state index contributed by atoms with van der Waals surface area (Å²) in [5, 5.41) is 25.8. The first-order valence-electron chi connectivity index (χ1n) is 12.6. The predicted octanol–water partition coefficient (Wildman–Crippen LogP) is 0.510. The van der Waals surface area contributed by atoms with Gasteiger partial charge < -0.3 is 36.5 Å². The number of aliphatic hydroxyl groups excluding tert-OH is 1. The molecule has 0 spiro atoms. The van der Waals surface area contributed by atoms with Crippen molar-refractivity contribution in [2.75, 3.05) is 6.54 Å². The Balaban J connectivity index is 1.69. The van der Waals surface area contributed by atoms with Crippen molar-refractivity contribution < 1.29 is 29.4 Å². The molecule has 2 aromatic rings. The van der Waals surface area contributed by atoms with Crippen molar-refractivity contribution >= 4 is 34.6 Å². The van der Waals surface area contributed by atoms with Crippen LogP contribution in [-0.4, -0.2) is 80.6 Å². The van der Waals surface area contributed by atoms with Gasteiger partial charge in [0.2, 0.25) is 17.7 Å². The number of nitrogens with two attached hydrogens (primary N) is 1. The number of carbonyl (C=O) groups is 4. The minimum atomic E-state index is -1.35.